The van der Waals surface area contributed by atoms with Gasteiger partial charge in [-0.25, -0.2) is 9.59 Å². The summed E-state index contributed by atoms with van der Waals surface area (Å²) in [7, 11) is 0. The molecule has 1 saturated heterocycles. The van der Waals surface area contributed by atoms with E-state index in [0.29, 0.717) is 16.7 Å². The van der Waals surface area contributed by atoms with Crippen LogP contribution in [0.15, 0.2) is 182 Å². The predicted octanol–water partition coefficient (Wildman–Crippen LogP) is 7.05. The van der Waals surface area contributed by atoms with Crippen LogP contribution in [0.4, 0.5) is 0 Å². The zero-order valence-electron chi connectivity index (χ0n) is 30.4. The highest BCUT2D eigenvalue weighted by atomic mass is 31.2. The Labute approximate surface area is 321 Å². The van der Waals surface area contributed by atoms with Crippen LogP contribution in [-0.4, -0.2) is 46.0 Å². The molecule has 0 radical (unpaired) electrons. The number of ketones is 1. The summed E-state index contributed by atoms with van der Waals surface area (Å²) < 4.78 is 12.0. The van der Waals surface area contributed by atoms with Gasteiger partial charge < -0.3 is 9.47 Å². The molecule has 0 unspecified atom stereocenters. The van der Waals surface area contributed by atoms with E-state index >= 15 is 4.79 Å². The summed E-state index contributed by atoms with van der Waals surface area (Å²) in [4.78, 5) is 61.8. The van der Waals surface area contributed by atoms with Crippen molar-refractivity contribution < 1.29 is 28.7 Å². The molecular weight excluding hydrogens is 705 g/mol. The number of ether oxygens (including phenoxy) is 2. The monoisotopic (exact) mass is 745 g/mol. The van der Waals surface area contributed by atoms with Gasteiger partial charge in [0.15, 0.2) is 11.3 Å². The number of carbonyl (C=O) groups excluding carboxylic acids is 4. The van der Waals surface area contributed by atoms with Gasteiger partial charge in [0.2, 0.25) is 6.23 Å². The van der Waals surface area contributed by atoms with E-state index in [2.05, 4.69) is 0 Å². The Bertz CT molecular complexity index is 2230. The molecule has 274 valence electrons. The number of benzene rings is 6. The standard InChI is InChI=1S/C47H40NO6P/c1-2-53-45(51)42(55(38-27-15-6-16-28-38,39-29-17-7-18-30-39)40-31-19-8-20-32-40)41(49)34-47(33-35-21-9-3-10-22-35)46(52)54-44(37-25-13-5-14-26-37)48(47)43(50)36-23-11-4-12-24-36/h3-32,44H,2,33-34H2,1H3/t44-,47+/m1/s1. The van der Waals surface area contributed by atoms with Crippen molar-refractivity contribution in [1.29, 1.82) is 0 Å². The van der Waals surface area contributed by atoms with Crippen LogP contribution in [0.5, 0.6) is 0 Å². The Morgan fingerprint density at radius 3 is 1.55 bits per heavy atom. The topological polar surface area (TPSA) is 90.0 Å². The summed E-state index contributed by atoms with van der Waals surface area (Å²) in [5.41, 5.74) is -0.277. The third-order valence-electron chi connectivity index (χ3n) is 9.91. The minimum absolute atomic E-state index is 0.0138. The first kappa shape index (κ1) is 37.0. The zero-order valence-corrected chi connectivity index (χ0v) is 31.3. The second kappa shape index (κ2) is 16.4. The molecule has 55 heavy (non-hydrogen) atoms. The lowest BCUT2D eigenvalue weighted by Gasteiger charge is -2.37. The van der Waals surface area contributed by atoms with Crippen molar-refractivity contribution in [3.8, 4) is 0 Å². The molecule has 0 saturated carbocycles. The number of carbonyl (C=O) groups is 4. The third kappa shape index (κ3) is 7.07. The van der Waals surface area contributed by atoms with Crippen LogP contribution >= 0.6 is 6.89 Å². The fourth-order valence-electron chi connectivity index (χ4n) is 7.53. The molecule has 1 aliphatic heterocycles. The first-order valence-electron chi connectivity index (χ1n) is 18.2. The summed E-state index contributed by atoms with van der Waals surface area (Å²) in [5.74, 6) is -2.62. The molecule has 6 aromatic rings. The van der Waals surface area contributed by atoms with E-state index in [-0.39, 0.29) is 18.3 Å². The van der Waals surface area contributed by atoms with Crippen LogP contribution in [0.25, 0.3) is 0 Å². The Balaban J connectivity index is 1.55. The number of amides is 1. The van der Waals surface area contributed by atoms with Crippen molar-refractivity contribution in [2.45, 2.75) is 31.5 Å². The lowest BCUT2D eigenvalue weighted by Crippen LogP contribution is -2.56. The molecule has 2 atom stereocenters. The summed E-state index contributed by atoms with van der Waals surface area (Å²) in [6, 6.07) is 55.5. The first-order valence-corrected chi connectivity index (χ1v) is 20.0. The average molecular weight is 746 g/mol. The van der Waals surface area contributed by atoms with Crippen LogP contribution in [0.2, 0.25) is 0 Å². The van der Waals surface area contributed by atoms with E-state index in [1.54, 1.807) is 49.4 Å². The fourth-order valence-corrected chi connectivity index (χ4v) is 11.8. The molecule has 7 nitrogen and oxygen atoms in total. The molecule has 8 heteroatoms. The van der Waals surface area contributed by atoms with Gasteiger partial charge in [0, 0.05) is 24.0 Å². The van der Waals surface area contributed by atoms with E-state index in [1.165, 1.54) is 4.90 Å². The highest BCUT2D eigenvalue weighted by molar-refractivity contribution is 7.97. The summed E-state index contributed by atoms with van der Waals surface area (Å²) >= 11 is 0. The van der Waals surface area contributed by atoms with Gasteiger partial charge in [-0.15, -0.1) is 0 Å². The minimum Gasteiger partial charge on any atom is -0.462 e. The first-order chi connectivity index (χ1) is 26.9. The smallest absolute Gasteiger partial charge is 0.342 e. The molecule has 6 aromatic carbocycles. The van der Waals surface area contributed by atoms with Crippen molar-refractivity contribution >= 4 is 51.7 Å². The molecule has 0 N–H and O–H groups in total. The van der Waals surface area contributed by atoms with E-state index in [9.17, 15) is 14.4 Å². The van der Waals surface area contributed by atoms with Crippen LogP contribution in [-0.2, 0) is 30.3 Å². The fraction of sp³-hybridized carbons (Fsp3) is 0.128. The molecule has 0 aromatic heterocycles. The maximum atomic E-state index is 15.8. The van der Waals surface area contributed by atoms with Crippen molar-refractivity contribution in [2.24, 2.45) is 0 Å². The largest absolute Gasteiger partial charge is 0.462 e. The summed E-state index contributed by atoms with van der Waals surface area (Å²) in [6.07, 6.45) is -1.75. The Morgan fingerprint density at radius 2 is 1.07 bits per heavy atom. The highest BCUT2D eigenvalue weighted by Gasteiger charge is 2.60. The van der Waals surface area contributed by atoms with Gasteiger partial charge in [0.05, 0.1) is 6.61 Å². The van der Waals surface area contributed by atoms with Gasteiger partial charge in [-0.3, -0.25) is 14.5 Å². The van der Waals surface area contributed by atoms with Crippen LogP contribution in [0.3, 0.4) is 0 Å². The van der Waals surface area contributed by atoms with E-state index < -0.39 is 48.7 Å². The van der Waals surface area contributed by atoms with Crippen LogP contribution in [0, 0.1) is 0 Å². The van der Waals surface area contributed by atoms with Gasteiger partial charge in [-0.05, 0) is 47.4 Å². The van der Waals surface area contributed by atoms with Gasteiger partial charge in [0.25, 0.3) is 5.91 Å². The maximum absolute atomic E-state index is 15.8. The molecule has 7 rings (SSSR count). The molecule has 1 heterocycles. The van der Waals surface area contributed by atoms with Crippen molar-refractivity contribution in [2.75, 3.05) is 6.61 Å². The number of hydrogen-bond acceptors (Lipinski definition) is 6. The second-order valence-corrected chi connectivity index (χ2v) is 16.6. The van der Waals surface area contributed by atoms with E-state index in [1.807, 2.05) is 140 Å². The van der Waals surface area contributed by atoms with Gasteiger partial charge in [0.1, 0.15) is 5.29 Å². The number of nitrogens with zero attached hydrogens (tertiary/aromatic N) is 1. The quantitative estimate of drug-likeness (QED) is 0.0758. The summed E-state index contributed by atoms with van der Waals surface area (Å²) in [5, 5.41) is 2.20. The van der Waals surface area contributed by atoms with Crippen LogP contribution < -0.4 is 15.9 Å². The van der Waals surface area contributed by atoms with Crippen molar-refractivity contribution in [1.82, 2.24) is 4.90 Å². The molecule has 0 spiro atoms. The second-order valence-electron chi connectivity index (χ2n) is 13.2. The van der Waals surface area contributed by atoms with Gasteiger partial charge in [-0.2, -0.15) is 0 Å². The zero-order chi connectivity index (χ0) is 38.3. The molecular formula is C47H40NO6P. The molecule has 1 aliphatic rings. The molecule has 0 bridgehead atoms. The van der Waals surface area contributed by atoms with E-state index in [4.69, 9.17) is 9.47 Å². The van der Waals surface area contributed by atoms with Gasteiger partial charge >= 0.3 is 11.9 Å². The average Bonchev–Trinajstić information content (AvgIpc) is 3.51. The maximum Gasteiger partial charge on any atom is 0.342 e. The lowest BCUT2D eigenvalue weighted by molar-refractivity contribution is -0.147. The number of rotatable bonds is 12. The third-order valence-corrected chi connectivity index (χ3v) is 14.2. The highest BCUT2D eigenvalue weighted by Crippen LogP contribution is 2.49. The predicted molar refractivity (Wildman–Crippen MR) is 217 cm³/mol. The Hall–Kier alpha value is -6.30. The van der Waals surface area contributed by atoms with Crippen LogP contribution in [0.1, 0.15) is 41.1 Å². The molecule has 1 fully saturated rings. The number of hydrogen-bond donors (Lipinski definition) is 0. The minimum atomic E-state index is -3.33. The van der Waals surface area contributed by atoms with Crippen molar-refractivity contribution in [3.05, 3.63) is 199 Å². The summed E-state index contributed by atoms with van der Waals surface area (Å²) in [6.45, 7) is -1.62. The number of esters is 2. The molecule has 1 amide bonds. The lowest BCUT2D eigenvalue weighted by atomic mass is 9.83. The van der Waals surface area contributed by atoms with E-state index in [0.717, 1.165) is 15.9 Å². The number of Topliss-reactive ketones (excluding diaryl/α,β-unsaturated/α-hetero) is 1. The number of cyclic esters (lactones) is 1. The Morgan fingerprint density at radius 1 is 0.636 bits per heavy atom. The SMILES string of the molecule is CCOC(=O)C(C(=O)C[C@@]1(Cc2ccccc2)C(=O)O[C@H](c2ccccc2)N1C(=O)c1ccccc1)=P(c1ccccc1)(c1ccccc1)c1ccccc1. The normalized spacial score (nSPS) is 16.6. The van der Waals surface area contributed by atoms with Gasteiger partial charge in [-0.1, -0.05) is 170 Å². The Kier molecular flexibility index (Phi) is 11.0. The molecule has 0 aliphatic carbocycles. The van der Waals surface area contributed by atoms with Crippen molar-refractivity contribution in [3.63, 3.8) is 0 Å².